The standard InChI is InChI=1S/C21H29FN4O3S/c1-14(2)10-20(30)23-12-17-13-26(21(28)29-17)16-4-5-19(18(22)11-16)25-8-6-24(7-9-25)15(3)27/h4-5,11,14,17H,6-10,12-13H2,1-3H3,(H,23,30). The van der Waals surface area contributed by atoms with Gasteiger partial charge < -0.3 is 19.9 Å². The van der Waals surface area contributed by atoms with Crippen LogP contribution in [0.5, 0.6) is 0 Å². The van der Waals surface area contributed by atoms with Crippen molar-refractivity contribution in [2.75, 3.05) is 49.1 Å². The van der Waals surface area contributed by atoms with Crippen LogP contribution in [0.1, 0.15) is 27.2 Å². The van der Waals surface area contributed by atoms with Crippen LogP contribution in [-0.2, 0) is 9.53 Å². The number of nitrogens with one attached hydrogen (secondary N) is 1. The van der Waals surface area contributed by atoms with Crippen LogP contribution in [0.2, 0.25) is 0 Å². The second kappa shape index (κ2) is 9.59. The smallest absolute Gasteiger partial charge is 0.414 e. The predicted molar refractivity (Wildman–Crippen MR) is 119 cm³/mol. The zero-order valence-corrected chi connectivity index (χ0v) is 18.5. The Morgan fingerprint density at radius 2 is 2.00 bits per heavy atom. The number of halogens is 1. The first kappa shape index (κ1) is 22.3. The van der Waals surface area contributed by atoms with E-state index in [1.54, 1.807) is 24.0 Å². The molecule has 2 aliphatic heterocycles. The number of cyclic esters (lactones) is 1. The maximum Gasteiger partial charge on any atom is 0.414 e. The van der Waals surface area contributed by atoms with Gasteiger partial charge in [-0.25, -0.2) is 9.18 Å². The number of anilines is 2. The van der Waals surface area contributed by atoms with Crippen molar-refractivity contribution in [1.29, 1.82) is 0 Å². The molecule has 0 radical (unpaired) electrons. The van der Waals surface area contributed by atoms with Gasteiger partial charge in [0.1, 0.15) is 11.9 Å². The fraction of sp³-hybridized carbons (Fsp3) is 0.571. The summed E-state index contributed by atoms with van der Waals surface area (Å²) in [5, 5.41) is 3.14. The van der Waals surface area contributed by atoms with Gasteiger partial charge in [-0.2, -0.15) is 0 Å². The minimum absolute atomic E-state index is 0.0343. The molecule has 1 aromatic carbocycles. The summed E-state index contributed by atoms with van der Waals surface area (Å²) < 4.78 is 20.2. The average Bonchev–Trinajstić information content (AvgIpc) is 3.06. The van der Waals surface area contributed by atoms with Crippen LogP contribution in [0.4, 0.5) is 20.6 Å². The molecule has 0 aliphatic carbocycles. The zero-order chi connectivity index (χ0) is 21.8. The molecule has 0 spiro atoms. The number of benzene rings is 1. The summed E-state index contributed by atoms with van der Waals surface area (Å²) in [6.45, 7) is 8.79. The van der Waals surface area contributed by atoms with E-state index in [1.807, 2.05) is 4.90 Å². The molecule has 0 bridgehead atoms. The van der Waals surface area contributed by atoms with Gasteiger partial charge in [0.05, 0.1) is 29.5 Å². The molecule has 1 atom stereocenters. The van der Waals surface area contributed by atoms with Gasteiger partial charge in [0.15, 0.2) is 0 Å². The third-order valence-electron chi connectivity index (χ3n) is 5.30. The van der Waals surface area contributed by atoms with E-state index in [2.05, 4.69) is 19.2 Å². The molecule has 1 N–H and O–H groups in total. The van der Waals surface area contributed by atoms with E-state index in [9.17, 15) is 14.0 Å². The predicted octanol–water partition coefficient (Wildman–Crippen LogP) is 2.78. The normalized spacial score (nSPS) is 19.3. The topological polar surface area (TPSA) is 65.1 Å². The van der Waals surface area contributed by atoms with Gasteiger partial charge in [-0.05, 0) is 24.1 Å². The van der Waals surface area contributed by atoms with Crippen LogP contribution in [0.25, 0.3) is 0 Å². The molecule has 1 unspecified atom stereocenters. The first-order chi connectivity index (χ1) is 14.2. The molecule has 3 rings (SSSR count). The lowest BCUT2D eigenvalue weighted by Gasteiger charge is -2.35. The number of amides is 2. The number of hydrogen-bond acceptors (Lipinski definition) is 5. The molecule has 1 aromatic rings. The van der Waals surface area contributed by atoms with Crippen LogP contribution in [-0.4, -0.2) is 67.3 Å². The van der Waals surface area contributed by atoms with E-state index in [4.69, 9.17) is 17.0 Å². The third-order valence-corrected chi connectivity index (χ3v) is 5.61. The number of hydrogen-bond donors (Lipinski definition) is 1. The van der Waals surface area contributed by atoms with Gasteiger partial charge in [-0.3, -0.25) is 9.69 Å². The molecule has 2 fully saturated rings. The highest BCUT2D eigenvalue weighted by atomic mass is 32.1. The van der Waals surface area contributed by atoms with Crippen LogP contribution in [0.3, 0.4) is 0 Å². The molecule has 0 aromatic heterocycles. The Morgan fingerprint density at radius 3 is 2.60 bits per heavy atom. The zero-order valence-electron chi connectivity index (χ0n) is 17.7. The Morgan fingerprint density at radius 1 is 1.30 bits per heavy atom. The molecule has 2 amide bonds. The number of rotatable bonds is 6. The molecule has 7 nitrogen and oxygen atoms in total. The third kappa shape index (κ3) is 5.38. The quantitative estimate of drug-likeness (QED) is 0.692. The van der Waals surface area contributed by atoms with E-state index in [0.29, 0.717) is 56.6 Å². The number of piperazine rings is 1. The van der Waals surface area contributed by atoms with Crippen LogP contribution in [0, 0.1) is 11.7 Å². The van der Waals surface area contributed by atoms with Crippen molar-refractivity contribution in [3.05, 3.63) is 24.0 Å². The number of carbonyl (C=O) groups is 2. The highest BCUT2D eigenvalue weighted by molar-refractivity contribution is 7.80. The monoisotopic (exact) mass is 436 g/mol. The molecule has 2 aliphatic rings. The SMILES string of the molecule is CC(=O)N1CCN(c2ccc(N3CC(CNC(=S)CC(C)C)OC3=O)cc2F)CC1. The molecular formula is C21H29FN4O3S. The summed E-state index contributed by atoms with van der Waals surface area (Å²) in [5.41, 5.74) is 0.947. The van der Waals surface area contributed by atoms with Crippen molar-refractivity contribution in [3.8, 4) is 0 Å². The van der Waals surface area contributed by atoms with Crippen molar-refractivity contribution < 1.29 is 18.7 Å². The minimum Gasteiger partial charge on any atom is -0.442 e. The Labute approximate surface area is 182 Å². The molecule has 9 heteroatoms. The van der Waals surface area contributed by atoms with Gasteiger partial charge >= 0.3 is 6.09 Å². The Bertz CT molecular complexity index is 811. The summed E-state index contributed by atoms with van der Waals surface area (Å²) in [6.07, 6.45) is -0.0450. The van der Waals surface area contributed by atoms with Crippen LogP contribution in [0.15, 0.2) is 18.2 Å². The maximum atomic E-state index is 14.8. The highest BCUT2D eigenvalue weighted by Crippen LogP contribution is 2.28. The van der Waals surface area contributed by atoms with Gasteiger partial charge in [0.25, 0.3) is 0 Å². The Hall–Kier alpha value is -2.42. The molecule has 0 saturated carbocycles. The van der Waals surface area contributed by atoms with E-state index in [0.717, 1.165) is 11.4 Å². The van der Waals surface area contributed by atoms with E-state index in [1.165, 1.54) is 11.0 Å². The highest BCUT2D eigenvalue weighted by Gasteiger charge is 2.33. The molecular weight excluding hydrogens is 407 g/mol. The molecule has 30 heavy (non-hydrogen) atoms. The Kier molecular flexibility index (Phi) is 7.12. The van der Waals surface area contributed by atoms with E-state index >= 15 is 0 Å². The fourth-order valence-electron chi connectivity index (χ4n) is 3.69. The molecule has 2 saturated heterocycles. The average molecular weight is 437 g/mol. The summed E-state index contributed by atoms with van der Waals surface area (Å²) in [4.78, 5) is 29.6. The van der Waals surface area contributed by atoms with Crippen molar-refractivity contribution in [3.63, 3.8) is 0 Å². The maximum absolute atomic E-state index is 14.8. The van der Waals surface area contributed by atoms with Crippen molar-refractivity contribution in [1.82, 2.24) is 10.2 Å². The summed E-state index contributed by atoms with van der Waals surface area (Å²) in [6, 6.07) is 4.79. The lowest BCUT2D eigenvalue weighted by Crippen LogP contribution is -2.48. The first-order valence-electron chi connectivity index (χ1n) is 10.3. The lowest BCUT2D eigenvalue weighted by atomic mass is 10.1. The van der Waals surface area contributed by atoms with Crippen molar-refractivity contribution in [2.45, 2.75) is 33.3 Å². The van der Waals surface area contributed by atoms with Crippen molar-refractivity contribution >= 4 is 40.6 Å². The fourth-order valence-corrected chi connectivity index (χ4v) is 4.11. The van der Waals surface area contributed by atoms with E-state index in [-0.39, 0.29) is 12.0 Å². The van der Waals surface area contributed by atoms with Crippen LogP contribution >= 0.6 is 12.2 Å². The van der Waals surface area contributed by atoms with Crippen LogP contribution < -0.4 is 15.1 Å². The number of ether oxygens (including phenoxy) is 1. The molecule has 2 heterocycles. The molecule has 164 valence electrons. The Balaban J connectivity index is 1.59. The second-order valence-corrected chi connectivity index (χ2v) is 8.64. The van der Waals surface area contributed by atoms with Gasteiger partial charge in [0, 0.05) is 39.5 Å². The minimum atomic E-state index is -0.487. The van der Waals surface area contributed by atoms with E-state index < -0.39 is 11.9 Å². The van der Waals surface area contributed by atoms with Gasteiger partial charge in [0.2, 0.25) is 5.91 Å². The lowest BCUT2D eigenvalue weighted by molar-refractivity contribution is -0.129. The summed E-state index contributed by atoms with van der Waals surface area (Å²) in [5.74, 6) is 0.0999. The summed E-state index contributed by atoms with van der Waals surface area (Å²) >= 11 is 5.29. The summed E-state index contributed by atoms with van der Waals surface area (Å²) in [7, 11) is 0. The first-order valence-corrected chi connectivity index (χ1v) is 10.7. The van der Waals surface area contributed by atoms with Gasteiger partial charge in [-0.15, -0.1) is 0 Å². The largest absolute Gasteiger partial charge is 0.442 e. The number of nitrogens with zero attached hydrogens (tertiary/aromatic N) is 3. The number of thiocarbonyl (C=S) groups is 1. The van der Waals surface area contributed by atoms with Crippen molar-refractivity contribution in [2.24, 2.45) is 5.92 Å². The van der Waals surface area contributed by atoms with Gasteiger partial charge in [-0.1, -0.05) is 26.1 Å². The second-order valence-electron chi connectivity index (χ2n) is 8.15. The number of carbonyl (C=O) groups excluding carboxylic acids is 2.